The molecular weight excluding hydrogens is 244 g/mol. The Bertz CT molecular complexity index is 584. The smallest absolute Gasteiger partial charge is 0.331 e. The quantitative estimate of drug-likeness (QED) is 0.662. The molecule has 0 bridgehead atoms. The number of esters is 1. The highest BCUT2D eigenvalue weighted by Crippen LogP contribution is 2.14. The molecular formula is C13H12N4O2. The van der Waals surface area contributed by atoms with Crippen LogP contribution in [0.5, 0.6) is 0 Å². The van der Waals surface area contributed by atoms with E-state index >= 15 is 0 Å². The van der Waals surface area contributed by atoms with Crippen LogP contribution in [0.25, 0.3) is 11.4 Å². The predicted octanol–water partition coefficient (Wildman–Crippen LogP) is 1.64. The van der Waals surface area contributed by atoms with Crippen LogP contribution in [0, 0.1) is 0 Å². The third kappa shape index (κ3) is 3.60. The zero-order valence-corrected chi connectivity index (χ0v) is 10.3. The minimum atomic E-state index is -0.434. The topological polar surface area (TPSA) is 77.0 Å². The number of hydrogen-bond donors (Lipinski definition) is 1. The van der Waals surface area contributed by atoms with Crippen molar-refractivity contribution in [1.82, 2.24) is 15.0 Å². The van der Waals surface area contributed by atoms with E-state index in [1.54, 1.807) is 24.7 Å². The molecule has 0 aliphatic rings. The van der Waals surface area contributed by atoms with Crippen LogP contribution >= 0.6 is 0 Å². The third-order valence-electron chi connectivity index (χ3n) is 2.25. The minimum absolute atomic E-state index is 0.434. The summed E-state index contributed by atoms with van der Waals surface area (Å²) in [6, 6.07) is 5.35. The number of nitrogens with one attached hydrogen (secondary N) is 1. The standard InChI is InChI=1S/C13H12N4O2/c1-19-12(18)5-9-15-11-4-8-16-13(17-11)10-2-6-14-7-3-10/h2-9H,1H3,(H,15,16,17)/b9-5+. The average molecular weight is 256 g/mol. The van der Waals surface area contributed by atoms with Gasteiger partial charge in [-0.3, -0.25) is 4.98 Å². The molecule has 2 aromatic rings. The highest BCUT2D eigenvalue weighted by Gasteiger charge is 2.01. The fourth-order valence-corrected chi connectivity index (χ4v) is 1.34. The monoisotopic (exact) mass is 256 g/mol. The fourth-order valence-electron chi connectivity index (χ4n) is 1.34. The molecule has 0 spiro atoms. The summed E-state index contributed by atoms with van der Waals surface area (Å²) in [7, 11) is 1.32. The zero-order valence-electron chi connectivity index (χ0n) is 10.3. The predicted molar refractivity (Wildman–Crippen MR) is 70.0 cm³/mol. The molecule has 0 saturated carbocycles. The van der Waals surface area contributed by atoms with E-state index in [1.807, 2.05) is 12.1 Å². The van der Waals surface area contributed by atoms with Crippen LogP contribution in [0.3, 0.4) is 0 Å². The molecule has 2 heterocycles. The maximum Gasteiger partial charge on any atom is 0.331 e. The first-order chi connectivity index (χ1) is 9.29. The molecule has 0 amide bonds. The van der Waals surface area contributed by atoms with Crippen LogP contribution < -0.4 is 5.32 Å². The van der Waals surface area contributed by atoms with E-state index in [2.05, 4.69) is 25.0 Å². The molecule has 0 fully saturated rings. The summed E-state index contributed by atoms with van der Waals surface area (Å²) in [5.41, 5.74) is 0.871. The maximum absolute atomic E-state index is 10.9. The molecule has 2 rings (SSSR count). The SMILES string of the molecule is COC(=O)/C=C/Nc1ccnc(-c2ccncc2)n1. The number of aromatic nitrogens is 3. The number of rotatable bonds is 4. The van der Waals surface area contributed by atoms with Crippen molar-refractivity contribution in [1.29, 1.82) is 0 Å². The van der Waals surface area contributed by atoms with Crippen molar-refractivity contribution in [3.63, 3.8) is 0 Å². The Morgan fingerprint density at radius 2 is 2.05 bits per heavy atom. The van der Waals surface area contributed by atoms with Crippen LogP contribution in [0.1, 0.15) is 0 Å². The normalized spacial score (nSPS) is 10.4. The van der Waals surface area contributed by atoms with E-state index in [0.717, 1.165) is 5.56 Å². The van der Waals surface area contributed by atoms with Crippen LogP contribution in [0.2, 0.25) is 0 Å². The van der Waals surface area contributed by atoms with Gasteiger partial charge in [0.25, 0.3) is 0 Å². The molecule has 6 heteroatoms. The highest BCUT2D eigenvalue weighted by atomic mass is 16.5. The third-order valence-corrected chi connectivity index (χ3v) is 2.25. The van der Waals surface area contributed by atoms with Crippen molar-refractivity contribution in [3.05, 3.63) is 49.1 Å². The summed E-state index contributed by atoms with van der Waals surface area (Å²) in [6.07, 6.45) is 7.72. The second-order valence-electron chi connectivity index (χ2n) is 3.50. The summed E-state index contributed by atoms with van der Waals surface area (Å²) in [4.78, 5) is 23.3. The lowest BCUT2D eigenvalue weighted by Gasteiger charge is -2.02. The van der Waals surface area contributed by atoms with Crippen molar-refractivity contribution in [3.8, 4) is 11.4 Å². The number of anilines is 1. The molecule has 0 aliphatic carbocycles. The number of nitrogens with zero attached hydrogens (tertiary/aromatic N) is 3. The second-order valence-corrected chi connectivity index (χ2v) is 3.50. The van der Waals surface area contributed by atoms with Gasteiger partial charge in [0, 0.05) is 36.4 Å². The summed E-state index contributed by atoms with van der Waals surface area (Å²) in [6.45, 7) is 0. The Morgan fingerprint density at radius 3 is 2.79 bits per heavy atom. The van der Waals surface area contributed by atoms with Crippen LogP contribution in [-0.4, -0.2) is 28.0 Å². The maximum atomic E-state index is 10.9. The van der Waals surface area contributed by atoms with E-state index in [9.17, 15) is 4.79 Å². The van der Waals surface area contributed by atoms with E-state index in [0.29, 0.717) is 11.6 Å². The Kier molecular flexibility index (Phi) is 4.17. The van der Waals surface area contributed by atoms with Gasteiger partial charge in [-0.2, -0.15) is 0 Å². The van der Waals surface area contributed by atoms with Crippen LogP contribution in [0.4, 0.5) is 5.82 Å². The van der Waals surface area contributed by atoms with Crippen molar-refractivity contribution >= 4 is 11.8 Å². The molecule has 0 unspecified atom stereocenters. The zero-order chi connectivity index (χ0) is 13.5. The lowest BCUT2D eigenvalue weighted by Crippen LogP contribution is -1.98. The molecule has 1 N–H and O–H groups in total. The number of ether oxygens (including phenoxy) is 1. The lowest BCUT2D eigenvalue weighted by atomic mass is 10.2. The van der Waals surface area contributed by atoms with Gasteiger partial charge in [-0.15, -0.1) is 0 Å². The van der Waals surface area contributed by atoms with Crippen molar-refractivity contribution in [2.24, 2.45) is 0 Å². The van der Waals surface area contributed by atoms with E-state index in [-0.39, 0.29) is 0 Å². The number of carbonyl (C=O) groups is 1. The summed E-state index contributed by atoms with van der Waals surface area (Å²) in [5.74, 6) is 0.733. The van der Waals surface area contributed by atoms with Crippen molar-refractivity contribution in [2.75, 3.05) is 12.4 Å². The van der Waals surface area contributed by atoms with Crippen LogP contribution in [0.15, 0.2) is 49.1 Å². The Balaban J connectivity index is 2.12. The van der Waals surface area contributed by atoms with E-state index in [4.69, 9.17) is 0 Å². The van der Waals surface area contributed by atoms with E-state index < -0.39 is 5.97 Å². The Labute approximate surface area is 110 Å². The number of methoxy groups -OCH3 is 1. The van der Waals surface area contributed by atoms with Gasteiger partial charge in [-0.25, -0.2) is 14.8 Å². The Morgan fingerprint density at radius 1 is 1.26 bits per heavy atom. The van der Waals surface area contributed by atoms with Gasteiger partial charge in [-0.05, 0) is 18.2 Å². The molecule has 0 saturated heterocycles. The number of pyridine rings is 1. The molecule has 0 atom stereocenters. The number of hydrogen-bond acceptors (Lipinski definition) is 6. The highest BCUT2D eigenvalue weighted by molar-refractivity contribution is 5.82. The molecule has 96 valence electrons. The molecule has 0 aromatic carbocycles. The van der Waals surface area contributed by atoms with Crippen molar-refractivity contribution < 1.29 is 9.53 Å². The number of carbonyl (C=O) groups excluding carboxylic acids is 1. The summed E-state index contributed by atoms with van der Waals surface area (Å²) in [5, 5.41) is 2.87. The minimum Gasteiger partial charge on any atom is -0.466 e. The lowest BCUT2D eigenvalue weighted by molar-refractivity contribution is -0.134. The molecule has 0 radical (unpaired) electrons. The fraction of sp³-hybridized carbons (Fsp3) is 0.0769. The van der Waals surface area contributed by atoms with Gasteiger partial charge in [0.15, 0.2) is 5.82 Å². The summed E-state index contributed by atoms with van der Waals surface area (Å²) < 4.78 is 4.48. The first kappa shape index (κ1) is 12.7. The Hall–Kier alpha value is -2.76. The van der Waals surface area contributed by atoms with Gasteiger partial charge in [0.1, 0.15) is 5.82 Å². The van der Waals surface area contributed by atoms with Gasteiger partial charge in [-0.1, -0.05) is 0 Å². The van der Waals surface area contributed by atoms with Gasteiger partial charge >= 0.3 is 5.97 Å². The second kappa shape index (κ2) is 6.25. The average Bonchev–Trinajstić information content (AvgIpc) is 2.48. The van der Waals surface area contributed by atoms with Crippen molar-refractivity contribution in [2.45, 2.75) is 0 Å². The first-order valence-electron chi connectivity index (χ1n) is 5.54. The molecule has 6 nitrogen and oxygen atoms in total. The van der Waals surface area contributed by atoms with Gasteiger partial charge in [0.2, 0.25) is 0 Å². The van der Waals surface area contributed by atoms with Gasteiger partial charge < -0.3 is 10.1 Å². The molecule has 2 aromatic heterocycles. The van der Waals surface area contributed by atoms with E-state index in [1.165, 1.54) is 19.4 Å². The first-order valence-corrected chi connectivity index (χ1v) is 5.54. The largest absolute Gasteiger partial charge is 0.466 e. The summed E-state index contributed by atoms with van der Waals surface area (Å²) >= 11 is 0. The van der Waals surface area contributed by atoms with Gasteiger partial charge in [0.05, 0.1) is 7.11 Å². The molecule has 19 heavy (non-hydrogen) atoms. The van der Waals surface area contributed by atoms with Crippen LogP contribution in [-0.2, 0) is 9.53 Å². The molecule has 0 aliphatic heterocycles.